The van der Waals surface area contributed by atoms with E-state index in [0.29, 0.717) is 22.6 Å². The van der Waals surface area contributed by atoms with Gasteiger partial charge in [0.15, 0.2) is 11.6 Å². The van der Waals surface area contributed by atoms with Crippen molar-refractivity contribution in [2.75, 3.05) is 14.2 Å². The summed E-state index contributed by atoms with van der Waals surface area (Å²) in [5, 5.41) is 10.2. The summed E-state index contributed by atoms with van der Waals surface area (Å²) >= 11 is 0. The first-order chi connectivity index (χ1) is 16.6. The average molecular weight is 482 g/mol. The third-order valence-electron chi connectivity index (χ3n) is 7.95. The Balaban J connectivity index is 1.86. The number of aromatic hydroxyl groups is 1. The molecule has 0 radical (unpaired) electrons. The summed E-state index contributed by atoms with van der Waals surface area (Å²) in [6, 6.07) is 2.24. The Morgan fingerprint density at radius 3 is 2.29 bits per heavy atom. The van der Waals surface area contributed by atoms with Crippen molar-refractivity contribution in [2.45, 2.75) is 38.8 Å². The number of hydrogen-bond acceptors (Lipinski definition) is 7. The van der Waals surface area contributed by atoms with Crippen LogP contribution in [-0.4, -0.2) is 44.8 Å². The van der Waals surface area contributed by atoms with E-state index >= 15 is 0 Å². The van der Waals surface area contributed by atoms with Crippen LogP contribution in [0.25, 0.3) is 0 Å². The molecule has 10 heteroatoms. The molecule has 184 valence electrons. The summed E-state index contributed by atoms with van der Waals surface area (Å²) in [5.74, 6) is -1.32. The molecule has 0 bridgehead atoms. The summed E-state index contributed by atoms with van der Waals surface area (Å²) in [6.07, 6.45) is 3.44. The van der Waals surface area contributed by atoms with Crippen molar-refractivity contribution >= 4 is 11.6 Å². The van der Waals surface area contributed by atoms with Crippen LogP contribution < -0.4 is 20.9 Å². The van der Waals surface area contributed by atoms with E-state index in [1.165, 1.54) is 48.8 Å². The number of phenols is 1. The second-order valence-electron chi connectivity index (χ2n) is 9.59. The zero-order valence-electron chi connectivity index (χ0n) is 20.2. The second-order valence-corrected chi connectivity index (χ2v) is 9.59. The molecule has 3 aliphatic rings. The number of benzene rings is 1. The Morgan fingerprint density at radius 2 is 1.69 bits per heavy atom. The molecule has 10 nitrogen and oxygen atoms in total. The van der Waals surface area contributed by atoms with Crippen molar-refractivity contribution < 1.29 is 24.2 Å². The van der Waals surface area contributed by atoms with Gasteiger partial charge < -0.3 is 14.6 Å². The second kappa shape index (κ2) is 7.59. The molecule has 2 aliphatic carbocycles. The predicted octanol–water partition coefficient (Wildman–Crippen LogP) is 1.46. The Bertz CT molecular complexity index is 1450. The number of carbonyl (C=O) groups is 2. The minimum atomic E-state index is -1.20. The van der Waals surface area contributed by atoms with E-state index in [4.69, 9.17) is 9.47 Å². The number of methoxy groups -OCH3 is 2. The van der Waals surface area contributed by atoms with Gasteiger partial charge in [0.25, 0.3) is 0 Å². The molecule has 2 heterocycles. The SMILES string of the molecule is COc1cc(O)cc(OC)c1[C@H]1C2=CCn3c(=O)n(C)c(=O)n3[C@@H]2C[C@H]2C(=O)C(C)=CC(=O)[C@@]12C. The van der Waals surface area contributed by atoms with E-state index in [-0.39, 0.29) is 30.3 Å². The highest BCUT2D eigenvalue weighted by molar-refractivity contribution is 6.13. The standard InChI is InChI=1S/C25H27N3O7/c1-12-8-19(30)25(2)15(22(12)31)11-16-14(6-7-27-23(32)26(3)24(33)28(16)27)21(25)20-17(34-4)9-13(29)10-18(20)35-5/h6,8-10,15-16,21,29H,7,11H2,1-5H3/t15-,16+,21+,25-/m0/s1. The number of nitrogens with zero attached hydrogens (tertiary/aromatic N) is 3. The molecule has 0 saturated heterocycles. The number of ether oxygens (including phenoxy) is 2. The molecule has 2 aromatic rings. The topological polar surface area (TPSA) is 122 Å². The normalized spacial score (nSPS) is 27.4. The summed E-state index contributed by atoms with van der Waals surface area (Å²) < 4.78 is 15.0. The molecule has 0 amide bonds. The van der Waals surface area contributed by atoms with Crippen LogP contribution in [0.4, 0.5) is 0 Å². The minimum Gasteiger partial charge on any atom is -0.508 e. The highest BCUT2D eigenvalue weighted by Crippen LogP contribution is 2.62. The van der Waals surface area contributed by atoms with Gasteiger partial charge in [-0.3, -0.25) is 9.59 Å². The summed E-state index contributed by atoms with van der Waals surface area (Å²) in [4.78, 5) is 53.0. The summed E-state index contributed by atoms with van der Waals surface area (Å²) in [7, 11) is 4.32. The van der Waals surface area contributed by atoms with Crippen molar-refractivity contribution in [1.82, 2.24) is 13.9 Å². The fourth-order valence-electron chi connectivity index (χ4n) is 6.17. The fraction of sp³-hybridized carbons (Fsp3) is 0.440. The van der Waals surface area contributed by atoms with Gasteiger partial charge in [-0.15, -0.1) is 0 Å². The Hall–Kier alpha value is -3.82. The fourth-order valence-corrected chi connectivity index (χ4v) is 6.17. The predicted molar refractivity (Wildman–Crippen MR) is 125 cm³/mol. The number of allylic oxidation sites excluding steroid dienone is 4. The molecule has 1 aromatic carbocycles. The number of fused-ring (bicyclic) bond motifs is 4. The van der Waals surface area contributed by atoms with Gasteiger partial charge in [-0.2, -0.15) is 0 Å². The average Bonchev–Trinajstić information content (AvgIpc) is 3.06. The molecule has 35 heavy (non-hydrogen) atoms. The lowest BCUT2D eigenvalue weighted by molar-refractivity contribution is -0.139. The van der Waals surface area contributed by atoms with Gasteiger partial charge in [0.1, 0.15) is 17.2 Å². The van der Waals surface area contributed by atoms with Crippen molar-refractivity contribution in [3.63, 3.8) is 0 Å². The van der Waals surface area contributed by atoms with Gasteiger partial charge >= 0.3 is 11.4 Å². The highest BCUT2D eigenvalue weighted by Gasteiger charge is 2.60. The number of phenolic OH excluding ortho intramolecular Hbond substituents is 1. The van der Waals surface area contributed by atoms with E-state index in [9.17, 15) is 24.3 Å². The maximum atomic E-state index is 13.7. The largest absolute Gasteiger partial charge is 0.508 e. The molecule has 1 N–H and O–H groups in total. The number of Topliss-reactive ketones (excluding diaryl/α,β-unsaturated/α-hetero) is 1. The number of ketones is 2. The third-order valence-corrected chi connectivity index (χ3v) is 7.95. The number of aromatic nitrogens is 3. The first kappa shape index (κ1) is 22.9. The van der Waals surface area contributed by atoms with Gasteiger partial charge in [-0.05, 0) is 30.6 Å². The molecule has 1 fully saturated rings. The first-order valence-electron chi connectivity index (χ1n) is 11.4. The first-order valence-corrected chi connectivity index (χ1v) is 11.4. The van der Waals surface area contributed by atoms with Gasteiger partial charge in [-0.25, -0.2) is 23.5 Å². The molecule has 5 rings (SSSR count). The molecular formula is C25H27N3O7. The summed E-state index contributed by atoms with van der Waals surface area (Å²) in [5.41, 5.74) is -0.534. The third kappa shape index (κ3) is 2.88. The molecule has 4 atom stereocenters. The number of hydrogen-bond donors (Lipinski definition) is 1. The van der Waals surface area contributed by atoms with Gasteiger partial charge in [0.2, 0.25) is 0 Å². The molecule has 1 saturated carbocycles. The zero-order chi connectivity index (χ0) is 25.4. The molecule has 0 unspecified atom stereocenters. The lowest BCUT2D eigenvalue weighted by atomic mass is 9.51. The molecule has 1 aromatic heterocycles. The van der Waals surface area contributed by atoms with Gasteiger partial charge in [0, 0.05) is 36.6 Å². The van der Waals surface area contributed by atoms with Crippen molar-refractivity contribution in [2.24, 2.45) is 18.4 Å². The highest BCUT2D eigenvalue weighted by atomic mass is 16.5. The van der Waals surface area contributed by atoms with Crippen molar-refractivity contribution in [1.29, 1.82) is 0 Å². The van der Waals surface area contributed by atoms with Crippen LogP contribution in [0.3, 0.4) is 0 Å². The Morgan fingerprint density at radius 1 is 1.06 bits per heavy atom. The Kier molecular flexibility index (Phi) is 4.98. The lowest BCUT2D eigenvalue weighted by Crippen LogP contribution is -2.54. The van der Waals surface area contributed by atoms with E-state index in [0.717, 1.165) is 10.1 Å². The van der Waals surface area contributed by atoms with E-state index in [1.54, 1.807) is 13.8 Å². The van der Waals surface area contributed by atoms with Crippen molar-refractivity contribution in [3.8, 4) is 17.2 Å². The zero-order valence-corrected chi connectivity index (χ0v) is 20.2. The van der Waals surface area contributed by atoms with Crippen LogP contribution in [0.5, 0.6) is 17.2 Å². The maximum absolute atomic E-state index is 13.7. The number of rotatable bonds is 3. The molecule has 1 aliphatic heterocycles. The van der Waals surface area contributed by atoms with E-state index < -0.39 is 34.7 Å². The molecular weight excluding hydrogens is 454 g/mol. The van der Waals surface area contributed by atoms with Crippen molar-refractivity contribution in [3.05, 3.63) is 62.0 Å². The number of carbonyl (C=O) groups excluding carboxylic acids is 2. The van der Waals surface area contributed by atoms with Crippen LogP contribution in [0.15, 0.2) is 45.0 Å². The van der Waals surface area contributed by atoms with Crippen LogP contribution in [-0.2, 0) is 23.2 Å². The maximum Gasteiger partial charge on any atom is 0.347 e. The Labute approximate surface area is 200 Å². The minimum absolute atomic E-state index is 0.0796. The van der Waals surface area contributed by atoms with Crippen LogP contribution >= 0.6 is 0 Å². The van der Waals surface area contributed by atoms with E-state index in [1.807, 2.05) is 6.08 Å². The monoisotopic (exact) mass is 481 g/mol. The van der Waals surface area contributed by atoms with Crippen LogP contribution in [0, 0.1) is 11.3 Å². The molecule has 0 spiro atoms. The lowest BCUT2D eigenvalue weighted by Gasteiger charge is -2.52. The van der Waals surface area contributed by atoms with Gasteiger partial charge in [-0.1, -0.05) is 13.0 Å². The quantitative estimate of drug-likeness (QED) is 0.659. The van der Waals surface area contributed by atoms with E-state index in [2.05, 4.69) is 0 Å². The van der Waals surface area contributed by atoms with Crippen LogP contribution in [0.1, 0.15) is 37.8 Å². The summed E-state index contributed by atoms with van der Waals surface area (Å²) in [6.45, 7) is 3.52. The van der Waals surface area contributed by atoms with Gasteiger partial charge in [0.05, 0.1) is 32.2 Å². The van der Waals surface area contributed by atoms with Crippen LogP contribution in [0.2, 0.25) is 0 Å². The smallest absolute Gasteiger partial charge is 0.347 e.